The molecule has 2 N–H and O–H groups in total. The van der Waals surface area contributed by atoms with Crippen molar-refractivity contribution in [2.45, 2.75) is 26.3 Å². The van der Waals surface area contributed by atoms with Crippen molar-refractivity contribution in [3.8, 4) is 0 Å². The average Bonchev–Trinajstić information content (AvgIpc) is 2.56. The summed E-state index contributed by atoms with van der Waals surface area (Å²) >= 11 is 0. The van der Waals surface area contributed by atoms with Gasteiger partial charge in [-0.2, -0.15) is 0 Å². The van der Waals surface area contributed by atoms with Crippen LogP contribution >= 0.6 is 0 Å². The highest BCUT2D eigenvalue weighted by molar-refractivity contribution is 5.86. The van der Waals surface area contributed by atoms with Gasteiger partial charge in [0.1, 0.15) is 0 Å². The molecule has 1 aliphatic rings. The summed E-state index contributed by atoms with van der Waals surface area (Å²) in [6.07, 6.45) is 0. The minimum atomic E-state index is 0.616. The lowest BCUT2D eigenvalue weighted by Gasteiger charge is -2.20. The van der Waals surface area contributed by atoms with Gasteiger partial charge in [-0.3, -0.25) is 0 Å². The Kier molecular flexibility index (Phi) is 1.86. The lowest BCUT2D eigenvalue weighted by Crippen LogP contribution is -2.26. The third-order valence-electron chi connectivity index (χ3n) is 3.32. The second kappa shape index (κ2) is 3.11. The average molecular weight is 200 g/mol. The topological polar surface area (TPSA) is 27.8 Å². The molecule has 1 aliphatic heterocycles. The highest BCUT2D eigenvalue weighted by atomic mass is 14.9. The van der Waals surface area contributed by atoms with E-state index in [1.807, 2.05) is 0 Å². The first-order chi connectivity index (χ1) is 7.25. The fourth-order valence-corrected chi connectivity index (χ4v) is 2.61. The molecule has 1 unspecified atom stereocenters. The van der Waals surface area contributed by atoms with Gasteiger partial charge in [0.2, 0.25) is 0 Å². The molecule has 3 rings (SSSR count). The molecule has 2 heteroatoms. The van der Waals surface area contributed by atoms with Crippen LogP contribution in [0.2, 0.25) is 0 Å². The largest absolute Gasteiger partial charge is 0.357 e. The van der Waals surface area contributed by atoms with Crippen LogP contribution in [0.4, 0.5) is 0 Å². The summed E-state index contributed by atoms with van der Waals surface area (Å²) in [5.41, 5.74) is 5.50. The SMILES string of the molecule is Cc1ccc2c3c([nH]c2c1)CNCC3C. The smallest absolute Gasteiger partial charge is 0.0462 e. The molecule has 1 aromatic heterocycles. The summed E-state index contributed by atoms with van der Waals surface area (Å²) < 4.78 is 0. The molecule has 0 bridgehead atoms. The van der Waals surface area contributed by atoms with Crippen molar-refractivity contribution < 1.29 is 0 Å². The van der Waals surface area contributed by atoms with Crippen molar-refractivity contribution >= 4 is 10.9 Å². The van der Waals surface area contributed by atoms with Crippen molar-refractivity contribution in [2.75, 3.05) is 6.54 Å². The standard InChI is InChI=1S/C13H16N2/c1-8-3-4-10-11(5-8)15-12-7-14-6-9(2)13(10)12/h3-5,9,14-15H,6-7H2,1-2H3. The molecule has 0 radical (unpaired) electrons. The number of benzene rings is 1. The first kappa shape index (κ1) is 8.98. The predicted octanol–water partition coefficient (Wildman–Crippen LogP) is 2.68. The number of aromatic nitrogens is 1. The van der Waals surface area contributed by atoms with Gasteiger partial charge in [0, 0.05) is 29.7 Å². The number of aryl methyl sites for hydroxylation is 1. The zero-order valence-electron chi connectivity index (χ0n) is 9.22. The van der Waals surface area contributed by atoms with Gasteiger partial charge in [-0.05, 0) is 30.0 Å². The molecule has 0 amide bonds. The molecule has 0 spiro atoms. The summed E-state index contributed by atoms with van der Waals surface area (Å²) in [4.78, 5) is 3.52. The van der Waals surface area contributed by atoms with Crippen molar-refractivity contribution in [3.63, 3.8) is 0 Å². The van der Waals surface area contributed by atoms with Crippen LogP contribution in [-0.2, 0) is 6.54 Å². The number of nitrogens with one attached hydrogen (secondary N) is 2. The van der Waals surface area contributed by atoms with E-state index in [1.54, 1.807) is 0 Å². The maximum absolute atomic E-state index is 3.52. The van der Waals surface area contributed by atoms with E-state index in [2.05, 4.69) is 42.3 Å². The Hall–Kier alpha value is -1.28. The molecule has 2 aromatic rings. The van der Waals surface area contributed by atoms with Crippen LogP contribution in [0.1, 0.15) is 29.7 Å². The Labute approximate surface area is 89.7 Å². The Morgan fingerprint density at radius 2 is 2.20 bits per heavy atom. The van der Waals surface area contributed by atoms with Gasteiger partial charge in [0.05, 0.1) is 0 Å². The zero-order chi connectivity index (χ0) is 10.4. The highest BCUT2D eigenvalue weighted by Crippen LogP contribution is 2.31. The number of H-pyrrole nitrogens is 1. The molecule has 0 aliphatic carbocycles. The maximum Gasteiger partial charge on any atom is 0.0462 e. The number of rotatable bonds is 0. The van der Waals surface area contributed by atoms with Crippen molar-refractivity contribution in [1.29, 1.82) is 0 Å². The monoisotopic (exact) mass is 200 g/mol. The summed E-state index contributed by atoms with van der Waals surface area (Å²) in [7, 11) is 0. The lowest BCUT2D eigenvalue weighted by molar-refractivity contribution is 0.568. The van der Waals surface area contributed by atoms with E-state index in [-0.39, 0.29) is 0 Å². The fraction of sp³-hybridized carbons (Fsp3) is 0.385. The number of hydrogen-bond donors (Lipinski definition) is 2. The molecule has 0 saturated carbocycles. The van der Waals surface area contributed by atoms with E-state index in [0.717, 1.165) is 13.1 Å². The Bertz CT molecular complexity index is 510. The van der Waals surface area contributed by atoms with Crippen LogP contribution in [0, 0.1) is 6.92 Å². The van der Waals surface area contributed by atoms with E-state index < -0.39 is 0 Å². The maximum atomic E-state index is 3.52. The minimum Gasteiger partial charge on any atom is -0.357 e. The quantitative estimate of drug-likeness (QED) is 0.672. The van der Waals surface area contributed by atoms with Gasteiger partial charge in [0.15, 0.2) is 0 Å². The number of fused-ring (bicyclic) bond motifs is 3. The Morgan fingerprint density at radius 3 is 3.07 bits per heavy atom. The van der Waals surface area contributed by atoms with Crippen LogP contribution in [0.25, 0.3) is 10.9 Å². The second-order valence-corrected chi connectivity index (χ2v) is 4.60. The summed E-state index contributed by atoms with van der Waals surface area (Å²) in [5.74, 6) is 0.616. The molecule has 15 heavy (non-hydrogen) atoms. The van der Waals surface area contributed by atoms with Crippen molar-refractivity contribution in [2.24, 2.45) is 0 Å². The molecule has 0 saturated heterocycles. The zero-order valence-corrected chi connectivity index (χ0v) is 9.22. The second-order valence-electron chi connectivity index (χ2n) is 4.60. The van der Waals surface area contributed by atoms with E-state index in [4.69, 9.17) is 0 Å². The molecular formula is C13H16N2. The highest BCUT2D eigenvalue weighted by Gasteiger charge is 2.20. The molecule has 0 fully saturated rings. The van der Waals surface area contributed by atoms with E-state index in [0.29, 0.717) is 5.92 Å². The Balaban J connectivity index is 2.32. The summed E-state index contributed by atoms with van der Waals surface area (Å²) in [5, 5.41) is 4.84. The fourth-order valence-electron chi connectivity index (χ4n) is 2.61. The van der Waals surface area contributed by atoms with Gasteiger partial charge in [-0.15, -0.1) is 0 Å². The third-order valence-corrected chi connectivity index (χ3v) is 3.32. The molecular weight excluding hydrogens is 184 g/mol. The first-order valence-electron chi connectivity index (χ1n) is 5.57. The van der Waals surface area contributed by atoms with Gasteiger partial charge < -0.3 is 10.3 Å². The summed E-state index contributed by atoms with van der Waals surface area (Å²) in [6, 6.07) is 6.69. The van der Waals surface area contributed by atoms with Crippen LogP contribution in [0.5, 0.6) is 0 Å². The van der Waals surface area contributed by atoms with Gasteiger partial charge >= 0.3 is 0 Å². The molecule has 1 aromatic carbocycles. The van der Waals surface area contributed by atoms with E-state index >= 15 is 0 Å². The molecule has 2 heterocycles. The molecule has 1 atom stereocenters. The summed E-state index contributed by atoms with van der Waals surface area (Å²) in [6.45, 7) is 6.50. The molecule has 2 nitrogen and oxygen atoms in total. The van der Waals surface area contributed by atoms with E-state index in [1.165, 1.54) is 27.7 Å². The van der Waals surface area contributed by atoms with Gasteiger partial charge in [0.25, 0.3) is 0 Å². The van der Waals surface area contributed by atoms with Crippen LogP contribution in [0.15, 0.2) is 18.2 Å². The number of hydrogen-bond acceptors (Lipinski definition) is 1. The normalized spacial score (nSPS) is 20.5. The molecule has 78 valence electrons. The first-order valence-corrected chi connectivity index (χ1v) is 5.57. The number of aromatic amines is 1. The van der Waals surface area contributed by atoms with Gasteiger partial charge in [-0.25, -0.2) is 0 Å². The Morgan fingerprint density at radius 1 is 1.33 bits per heavy atom. The van der Waals surface area contributed by atoms with Crippen molar-refractivity contribution in [3.05, 3.63) is 35.0 Å². The predicted molar refractivity (Wildman–Crippen MR) is 63.2 cm³/mol. The van der Waals surface area contributed by atoms with Crippen LogP contribution < -0.4 is 5.32 Å². The lowest BCUT2D eigenvalue weighted by atomic mass is 9.94. The van der Waals surface area contributed by atoms with E-state index in [9.17, 15) is 0 Å². The van der Waals surface area contributed by atoms with Crippen LogP contribution in [0.3, 0.4) is 0 Å². The van der Waals surface area contributed by atoms with Gasteiger partial charge in [-0.1, -0.05) is 19.1 Å². The minimum absolute atomic E-state index is 0.616. The third kappa shape index (κ3) is 1.29. The van der Waals surface area contributed by atoms with Crippen LogP contribution in [-0.4, -0.2) is 11.5 Å². The van der Waals surface area contributed by atoms with Crippen molar-refractivity contribution in [1.82, 2.24) is 10.3 Å².